The highest BCUT2D eigenvalue weighted by atomic mass is 16.5. The lowest BCUT2D eigenvalue weighted by Crippen LogP contribution is -2.15. The zero-order valence-corrected chi connectivity index (χ0v) is 12.0. The van der Waals surface area contributed by atoms with Gasteiger partial charge in [0.05, 0.1) is 0 Å². The van der Waals surface area contributed by atoms with Gasteiger partial charge in [-0.1, -0.05) is 51.0 Å². The minimum Gasteiger partial charge on any atom is -0.463 e. The molecular formula is C16H28O2. The SMILES string of the molecule is C=CC=CCCCCCCC(CCC)OC(C)=O. The summed E-state index contributed by atoms with van der Waals surface area (Å²) in [6, 6.07) is 0. The number of ether oxygens (including phenoxy) is 1. The summed E-state index contributed by atoms with van der Waals surface area (Å²) in [6.45, 7) is 7.26. The van der Waals surface area contributed by atoms with E-state index in [-0.39, 0.29) is 12.1 Å². The van der Waals surface area contributed by atoms with Crippen LogP contribution in [0.4, 0.5) is 0 Å². The number of carbonyl (C=O) groups excluding carboxylic acids is 1. The fraction of sp³-hybridized carbons (Fsp3) is 0.688. The van der Waals surface area contributed by atoms with Crippen molar-refractivity contribution in [2.24, 2.45) is 0 Å². The van der Waals surface area contributed by atoms with E-state index in [1.54, 1.807) is 0 Å². The lowest BCUT2D eigenvalue weighted by Gasteiger charge is -2.15. The first-order valence-electron chi connectivity index (χ1n) is 7.15. The van der Waals surface area contributed by atoms with Gasteiger partial charge >= 0.3 is 5.97 Å². The van der Waals surface area contributed by atoms with Crippen LogP contribution in [-0.2, 0) is 9.53 Å². The molecule has 0 radical (unpaired) electrons. The molecule has 0 saturated heterocycles. The minimum atomic E-state index is -0.150. The Kier molecular flexibility index (Phi) is 11.7. The van der Waals surface area contributed by atoms with Crippen molar-refractivity contribution in [1.82, 2.24) is 0 Å². The van der Waals surface area contributed by atoms with Crippen molar-refractivity contribution in [2.45, 2.75) is 71.3 Å². The monoisotopic (exact) mass is 252 g/mol. The van der Waals surface area contributed by atoms with E-state index < -0.39 is 0 Å². The first kappa shape index (κ1) is 16.9. The van der Waals surface area contributed by atoms with E-state index >= 15 is 0 Å². The van der Waals surface area contributed by atoms with Crippen molar-refractivity contribution < 1.29 is 9.53 Å². The quantitative estimate of drug-likeness (QED) is 0.300. The third-order valence-corrected chi connectivity index (χ3v) is 2.86. The predicted molar refractivity (Wildman–Crippen MR) is 77.5 cm³/mol. The van der Waals surface area contributed by atoms with E-state index in [0.717, 1.165) is 32.1 Å². The average Bonchev–Trinajstić information content (AvgIpc) is 2.32. The van der Waals surface area contributed by atoms with E-state index in [1.165, 1.54) is 26.2 Å². The van der Waals surface area contributed by atoms with Gasteiger partial charge in [0.25, 0.3) is 0 Å². The van der Waals surface area contributed by atoms with Crippen LogP contribution in [0.5, 0.6) is 0 Å². The van der Waals surface area contributed by atoms with Crippen LogP contribution in [-0.4, -0.2) is 12.1 Å². The molecule has 0 rings (SSSR count). The summed E-state index contributed by atoms with van der Waals surface area (Å²) in [4.78, 5) is 10.9. The van der Waals surface area contributed by atoms with Gasteiger partial charge in [-0.2, -0.15) is 0 Å². The molecule has 0 spiro atoms. The summed E-state index contributed by atoms with van der Waals surface area (Å²) in [6.07, 6.45) is 15.2. The predicted octanol–water partition coefficient (Wildman–Crippen LogP) is 4.80. The highest BCUT2D eigenvalue weighted by molar-refractivity contribution is 5.66. The normalized spacial score (nSPS) is 12.6. The summed E-state index contributed by atoms with van der Waals surface area (Å²) in [7, 11) is 0. The van der Waals surface area contributed by atoms with E-state index in [0.29, 0.717) is 0 Å². The van der Waals surface area contributed by atoms with Gasteiger partial charge in [0.2, 0.25) is 0 Å². The molecule has 0 aromatic heterocycles. The average molecular weight is 252 g/mol. The maximum Gasteiger partial charge on any atom is 0.302 e. The van der Waals surface area contributed by atoms with Gasteiger partial charge in [-0.3, -0.25) is 4.79 Å². The Balaban J connectivity index is 3.51. The third kappa shape index (κ3) is 11.4. The molecule has 0 aromatic carbocycles. The Labute approximate surface area is 112 Å². The Hall–Kier alpha value is -1.05. The molecule has 0 fully saturated rings. The van der Waals surface area contributed by atoms with E-state index in [1.807, 2.05) is 12.2 Å². The summed E-state index contributed by atoms with van der Waals surface area (Å²) in [5.41, 5.74) is 0. The number of rotatable bonds is 11. The number of hydrogen-bond acceptors (Lipinski definition) is 2. The third-order valence-electron chi connectivity index (χ3n) is 2.86. The van der Waals surface area contributed by atoms with Crippen molar-refractivity contribution in [2.75, 3.05) is 0 Å². The second-order valence-corrected chi connectivity index (χ2v) is 4.68. The molecule has 0 aliphatic carbocycles. The second kappa shape index (κ2) is 12.4. The van der Waals surface area contributed by atoms with Crippen LogP contribution in [0.2, 0.25) is 0 Å². The fourth-order valence-electron chi connectivity index (χ4n) is 2.00. The maximum atomic E-state index is 10.9. The first-order chi connectivity index (χ1) is 8.70. The molecule has 2 heteroatoms. The maximum absolute atomic E-state index is 10.9. The Morgan fingerprint density at radius 1 is 1.22 bits per heavy atom. The number of allylic oxidation sites excluding steroid dienone is 3. The minimum absolute atomic E-state index is 0.133. The van der Waals surface area contributed by atoms with Crippen LogP contribution in [0.1, 0.15) is 65.2 Å². The molecule has 104 valence electrons. The van der Waals surface area contributed by atoms with Gasteiger partial charge in [0.15, 0.2) is 0 Å². The van der Waals surface area contributed by atoms with Crippen LogP contribution in [0.15, 0.2) is 24.8 Å². The smallest absolute Gasteiger partial charge is 0.302 e. The second-order valence-electron chi connectivity index (χ2n) is 4.68. The largest absolute Gasteiger partial charge is 0.463 e. The van der Waals surface area contributed by atoms with Gasteiger partial charge in [0, 0.05) is 6.92 Å². The van der Waals surface area contributed by atoms with Crippen LogP contribution < -0.4 is 0 Å². The van der Waals surface area contributed by atoms with Crippen LogP contribution in [0.3, 0.4) is 0 Å². The standard InChI is InChI=1S/C16H28O2/c1-4-6-7-8-9-10-11-12-14-16(13-5-2)18-15(3)17/h4,6-7,16H,1,5,8-14H2,2-3H3. The number of hydrogen-bond donors (Lipinski definition) is 0. The van der Waals surface area contributed by atoms with Gasteiger partial charge in [-0.25, -0.2) is 0 Å². The van der Waals surface area contributed by atoms with E-state index in [4.69, 9.17) is 4.74 Å². The molecule has 18 heavy (non-hydrogen) atoms. The summed E-state index contributed by atoms with van der Waals surface area (Å²) < 4.78 is 5.29. The Morgan fingerprint density at radius 2 is 1.94 bits per heavy atom. The topological polar surface area (TPSA) is 26.3 Å². The zero-order valence-electron chi connectivity index (χ0n) is 12.0. The number of unbranched alkanes of at least 4 members (excludes halogenated alkanes) is 4. The van der Waals surface area contributed by atoms with E-state index in [9.17, 15) is 4.79 Å². The molecule has 0 aliphatic rings. The summed E-state index contributed by atoms with van der Waals surface area (Å²) in [5.74, 6) is -0.150. The fourth-order valence-corrected chi connectivity index (χ4v) is 2.00. The highest BCUT2D eigenvalue weighted by Crippen LogP contribution is 2.13. The first-order valence-corrected chi connectivity index (χ1v) is 7.15. The molecule has 0 amide bonds. The highest BCUT2D eigenvalue weighted by Gasteiger charge is 2.09. The molecule has 0 bridgehead atoms. The molecule has 0 heterocycles. The molecule has 0 saturated carbocycles. The van der Waals surface area contributed by atoms with Gasteiger partial charge < -0.3 is 4.74 Å². The lowest BCUT2D eigenvalue weighted by atomic mass is 10.0. The Bertz CT molecular complexity index is 243. The number of carbonyl (C=O) groups is 1. The van der Waals surface area contributed by atoms with Crippen molar-refractivity contribution in [3.05, 3.63) is 24.8 Å². The van der Waals surface area contributed by atoms with Crippen molar-refractivity contribution in [1.29, 1.82) is 0 Å². The van der Waals surface area contributed by atoms with Gasteiger partial charge in [0.1, 0.15) is 6.10 Å². The summed E-state index contributed by atoms with van der Waals surface area (Å²) >= 11 is 0. The zero-order chi connectivity index (χ0) is 13.6. The van der Waals surface area contributed by atoms with Crippen molar-refractivity contribution in [3.63, 3.8) is 0 Å². The van der Waals surface area contributed by atoms with Crippen molar-refractivity contribution >= 4 is 5.97 Å². The Morgan fingerprint density at radius 3 is 2.56 bits per heavy atom. The molecule has 1 atom stereocenters. The molecule has 1 unspecified atom stereocenters. The van der Waals surface area contributed by atoms with Crippen LogP contribution in [0, 0.1) is 0 Å². The van der Waals surface area contributed by atoms with Crippen LogP contribution >= 0.6 is 0 Å². The molecule has 2 nitrogen and oxygen atoms in total. The molecular weight excluding hydrogens is 224 g/mol. The molecule has 0 aliphatic heterocycles. The van der Waals surface area contributed by atoms with E-state index in [2.05, 4.69) is 19.6 Å². The van der Waals surface area contributed by atoms with Gasteiger partial charge in [-0.15, -0.1) is 0 Å². The molecule has 0 N–H and O–H groups in total. The van der Waals surface area contributed by atoms with Gasteiger partial charge in [-0.05, 0) is 32.1 Å². The van der Waals surface area contributed by atoms with Crippen molar-refractivity contribution in [3.8, 4) is 0 Å². The molecule has 0 aromatic rings. The number of esters is 1. The summed E-state index contributed by atoms with van der Waals surface area (Å²) in [5, 5.41) is 0. The lowest BCUT2D eigenvalue weighted by molar-refractivity contribution is -0.147. The van der Waals surface area contributed by atoms with Crippen LogP contribution in [0.25, 0.3) is 0 Å².